The molecule has 57 heavy (non-hydrogen) atoms. The molecular formula is C37H50N8O12. The first-order valence-corrected chi connectivity index (χ1v) is 18.0. The molecule has 0 aliphatic rings. The summed E-state index contributed by atoms with van der Waals surface area (Å²) < 4.78 is 0. The zero-order valence-electron chi connectivity index (χ0n) is 31.1. The van der Waals surface area contributed by atoms with Crippen molar-refractivity contribution >= 4 is 53.4 Å². The van der Waals surface area contributed by atoms with Crippen LogP contribution in [-0.4, -0.2) is 111 Å². The molecule has 2 aromatic carbocycles. The Morgan fingerprint density at radius 1 is 0.526 bits per heavy atom. The molecule has 0 bridgehead atoms. The van der Waals surface area contributed by atoms with Gasteiger partial charge in [0.1, 0.15) is 30.2 Å². The van der Waals surface area contributed by atoms with Gasteiger partial charge in [0.15, 0.2) is 0 Å². The first kappa shape index (κ1) is 46.7. The predicted molar refractivity (Wildman–Crippen MR) is 201 cm³/mol. The minimum Gasteiger partial charge on any atom is -0.481 e. The van der Waals surface area contributed by atoms with E-state index in [0.717, 1.165) is 5.56 Å². The number of nitrogens with one attached hydrogen (secondary N) is 5. The minimum atomic E-state index is -1.89. The van der Waals surface area contributed by atoms with Gasteiger partial charge in [-0.3, -0.25) is 38.4 Å². The first-order chi connectivity index (χ1) is 27.0. The Balaban J connectivity index is 2.33. The zero-order chi connectivity index (χ0) is 42.5. The second kappa shape index (κ2) is 24.2. The summed E-state index contributed by atoms with van der Waals surface area (Å²) in [6.45, 7) is 0.260. The summed E-state index contributed by atoms with van der Waals surface area (Å²) in [6, 6.07) is 7.86. The molecule has 20 nitrogen and oxygen atoms in total. The van der Waals surface area contributed by atoms with Gasteiger partial charge in [-0.1, -0.05) is 60.7 Å². The molecule has 2 aromatic rings. The van der Waals surface area contributed by atoms with Crippen LogP contribution in [0.3, 0.4) is 0 Å². The maximum atomic E-state index is 13.7. The number of unbranched alkanes of at least 4 members (excludes halogenated alkanes) is 1. The number of carbonyl (C=O) groups excluding carboxylic acids is 6. The van der Waals surface area contributed by atoms with Gasteiger partial charge in [0.2, 0.25) is 35.4 Å². The summed E-state index contributed by atoms with van der Waals surface area (Å²) in [5, 5.41) is 39.9. The van der Waals surface area contributed by atoms with E-state index in [1.54, 1.807) is 60.7 Å². The predicted octanol–water partition coefficient (Wildman–Crippen LogP) is -2.35. The van der Waals surface area contributed by atoms with Gasteiger partial charge >= 0.3 is 17.9 Å². The van der Waals surface area contributed by atoms with Crippen molar-refractivity contribution in [3.8, 4) is 0 Å². The lowest BCUT2D eigenvalue weighted by atomic mass is 10.0. The SMILES string of the molecule is NCCCCC(NC(=O)C(CC(N)=O)NC(=O)C(CCC(=O)O)NC(=O)C(CC(=O)O)NC(=O)C(Cc1ccccc1)NC(=O)C(N)Cc1ccccc1)C(=O)O. The van der Waals surface area contributed by atoms with Crippen LogP contribution in [0, 0.1) is 0 Å². The monoisotopic (exact) mass is 798 g/mol. The molecule has 6 atom stereocenters. The van der Waals surface area contributed by atoms with E-state index in [1.165, 1.54) is 0 Å². The van der Waals surface area contributed by atoms with E-state index in [-0.39, 0.29) is 25.8 Å². The van der Waals surface area contributed by atoms with E-state index in [0.29, 0.717) is 18.4 Å². The molecule has 0 aliphatic heterocycles. The second-order valence-electron chi connectivity index (χ2n) is 13.1. The van der Waals surface area contributed by atoms with Gasteiger partial charge in [-0.05, 0) is 49.8 Å². The van der Waals surface area contributed by atoms with Crippen molar-refractivity contribution in [1.29, 1.82) is 0 Å². The van der Waals surface area contributed by atoms with Gasteiger partial charge in [-0.2, -0.15) is 0 Å². The Hall–Kier alpha value is -6.41. The fraction of sp³-hybridized carbons (Fsp3) is 0.432. The number of nitrogens with two attached hydrogens (primary N) is 3. The highest BCUT2D eigenvalue weighted by molar-refractivity contribution is 5.98. The Labute approximate surface area is 327 Å². The second-order valence-corrected chi connectivity index (χ2v) is 13.1. The molecule has 0 fully saturated rings. The lowest BCUT2D eigenvalue weighted by Crippen LogP contribution is -2.60. The summed E-state index contributed by atoms with van der Waals surface area (Å²) >= 11 is 0. The normalized spacial score (nSPS) is 13.9. The quantitative estimate of drug-likeness (QED) is 0.0444. The van der Waals surface area contributed by atoms with Crippen LogP contribution in [0.15, 0.2) is 60.7 Å². The van der Waals surface area contributed by atoms with Gasteiger partial charge in [0.25, 0.3) is 0 Å². The average molecular weight is 799 g/mol. The summed E-state index contributed by atoms with van der Waals surface area (Å²) in [7, 11) is 0. The molecule has 14 N–H and O–H groups in total. The molecule has 0 spiro atoms. The summed E-state index contributed by atoms with van der Waals surface area (Å²) in [6.07, 6.45) is -2.47. The van der Waals surface area contributed by atoms with Crippen molar-refractivity contribution in [3.05, 3.63) is 71.8 Å². The smallest absolute Gasteiger partial charge is 0.326 e. The van der Waals surface area contributed by atoms with Gasteiger partial charge in [-0.25, -0.2) is 4.79 Å². The number of aliphatic carboxylic acids is 3. The number of carbonyl (C=O) groups is 9. The maximum Gasteiger partial charge on any atom is 0.326 e. The summed E-state index contributed by atoms with van der Waals surface area (Å²) in [5.74, 6) is -10.8. The van der Waals surface area contributed by atoms with E-state index in [1.807, 2.05) is 0 Å². The summed E-state index contributed by atoms with van der Waals surface area (Å²) in [5.41, 5.74) is 18.2. The molecule has 0 saturated carbocycles. The van der Waals surface area contributed by atoms with Crippen LogP contribution >= 0.6 is 0 Å². The highest BCUT2D eigenvalue weighted by Crippen LogP contribution is 2.09. The van der Waals surface area contributed by atoms with Crippen LogP contribution < -0.4 is 43.8 Å². The number of hydrogen-bond acceptors (Lipinski definition) is 11. The van der Waals surface area contributed by atoms with Crippen molar-refractivity contribution in [2.75, 3.05) is 6.54 Å². The van der Waals surface area contributed by atoms with Gasteiger partial charge in [-0.15, -0.1) is 0 Å². The average Bonchev–Trinajstić information content (AvgIpc) is 3.15. The van der Waals surface area contributed by atoms with Crippen molar-refractivity contribution in [2.45, 2.75) is 94.0 Å². The maximum absolute atomic E-state index is 13.7. The fourth-order valence-electron chi connectivity index (χ4n) is 5.47. The summed E-state index contributed by atoms with van der Waals surface area (Å²) in [4.78, 5) is 114. The molecule has 20 heteroatoms. The van der Waals surface area contributed by atoms with Crippen molar-refractivity contribution in [2.24, 2.45) is 17.2 Å². The van der Waals surface area contributed by atoms with E-state index >= 15 is 0 Å². The van der Waals surface area contributed by atoms with Crippen LogP contribution in [0.4, 0.5) is 0 Å². The van der Waals surface area contributed by atoms with E-state index < -0.39 is 115 Å². The molecule has 0 saturated heterocycles. The molecule has 2 rings (SSSR count). The zero-order valence-corrected chi connectivity index (χ0v) is 31.1. The van der Waals surface area contributed by atoms with Crippen molar-refractivity contribution < 1.29 is 58.5 Å². The van der Waals surface area contributed by atoms with Crippen LogP contribution in [-0.2, 0) is 56.0 Å². The molecule has 0 aliphatic carbocycles. The lowest BCUT2D eigenvalue weighted by molar-refractivity contribution is -0.142. The first-order valence-electron chi connectivity index (χ1n) is 18.0. The number of hydrogen-bond donors (Lipinski definition) is 11. The standard InChI is InChI=1S/C37H50N8O12/c38-16-8-7-13-25(37(56)57)42-35(54)27(19-29(40)46)44-33(52)24(14-15-30(47)48)41-36(55)28(20-31(49)50)45-34(53)26(18-22-11-5-2-6-12-22)43-32(51)23(39)17-21-9-3-1-4-10-21/h1-6,9-12,23-28H,7-8,13-20,38-39H2,(H2,40,46)(H,41,55)(H,42,54)(H,43,51)(H,44,52)(H,45,53)(H,47,48)(H,49,50)(H,56,57). The van der Waals surface area contributed by atoms with Crippen LogP contribution in [0.25, 0.3) is 0 Å². The molecule has 6 amide bonds. The molecule has 310 valence electrons. The highest BCUT2D eigenvalue weighted by atomic mass is 16.4. The largest absolute Gasteiger partial charge is 0.481 e. The molecule has 0 radical (unpaired) electrons. The van der Waals surface area contributed by atoms with Crippen LogP contribution in [0.2, 0.25) is 0 Å². The lowest BCUT2D eigenvalue weighted by Gasteiger charge is -2.26. The minimum absolute atomic E-state index is 0.0418. The Morgan fingerprint density at radius 2 is 0.982 bits per heavy atom. The topological polar surface area (TPSA) is 353 Å². The van der Waals surface area contributed by atoms with Crippen molar-refractivity contribution in [1.82, 2.24) is 26.6 Å². The third-order valence-corrected chi connectivity index (χ3v) is 8.44. The van der Waals surface area contributed by atoms with Gasteiger partial charge < -0.3 is 59.1 Å². The number of carboxylic acid groups (broad SMARTS) is 3. The van der Waals surface area contributed by atoms with E-state index in [4.69, 9.17) is 17.2 Å². The third kappa shape index (κ3) is 17.7. The highest BCUT2D eigenvalue weighted by Gasteiger charge is 2.34. The van der Waals surface area contributed by atoms with Crippen LogP contribution in [0.1, 0.15) is 56.1 Å². The van der Waals surface area contributed by atoms with Gasteiger partial charge in [0.05, 0.1) is 18.9 Å². The van der Waals surface area contributed by atoms with Crippen molar-refractivity contribution in [3.63, 3.8) is 0 Å². The molecule has 0 aromatic heterocycles. The van der Waals surface area contributed by atoms with E-state index in [9.17, 15) is 58.5 Å². The Bertz CT molecular complexity index is 1710. The number of carboxylic acids is 3. The van der Waals surface area contributed by atoms with Crippen LogP contribution in [0.5, 0.6) is 0 Å². The number of benzene rings is 2. The fourth-order valence-corrected chi connectivity index (χ4v) is 5.47. The van der Waals surface area contributed by atoms with Gasteiger partial charge in [0, 0.05) is 12.8 Å². The third-order valence-electron chi connectivity index (χ3n) is 8.44. The number of rotatable bonds is 26. The Morgan fingerprint density at radius 3 is 1.47 bits per heavy atom. The number of primary amides is 1. The molecule has 6 unspecified atom stereocenters. The molecule has 0 heterocycles. The number of amides is 6. The Kier molecular flexibility index (Phi) is 19.8. The van der Waals surface area contributed by atoms with E-state index in [2.05, 4.69) is 26.6 Å². The molecular weight excluding hydrogens is 748 g/mol.